The minimum Gasteiger partial charge on any atom is -0.497 e. The fourth-order valence-electron chi connectivity index (χ4n) is 7.56. The van der Waals surface area contributed by atoms with Crippen LogP contribution in [0.4, 0.5) is 4.79 Å². The number of nitrogens with zero attached hydrogens (tertiary/aromatic N) is 2. The molecule has 2 aliphatic heterocycles. The number of carbonyl (C=O) groups is 4. The molecule has 1 aromatic heterocycles. The van der Waals surface area contributed by atoms with Crippen LogP contribution in [-0.2, 0) is 24.4 Å². The van der Waals surface area contributed by atoms with Crippen LogP contribution in [0.1, 0.15) is 64.2 Å². The molecule has 2 saturated carbocycles. The molecule has 2 saturated heterocycles. The van der Waals surface area contributed by atoms with Crippen molar-refractivity contribution in [3.8, 4) is 22.8 Å². The van der Waals surface area contributed by atoms with Crippen molar-refractivity contribution in [1.82, 2.24) is 25.2 Å². The van der Waals surface area contributed by atoms with Crippen molar-refractivity contribution in [3.05, 3.63) is 54.6 Å². The minimum atomic E-state index is -3.87. The summed E-state index contributed by atoms with van der Waals surface area (Å²) in [6.45, 7) is -0.0337. The minimum absolute atomic E-state index is 0.0337. The molecular formula is C37H43N5O9S. The van der Waals surface area contributed by atoms with Gasteiger partial charge in [0.2, 0.25) is 21.8 Å². The number of carbonyl (C=O) groups excluding carboxylic acids is 3. The maximum absolute atomic E-state index is 14.3. The Balaban J connectivity index is 1.21. The molecule has 2 aliphatic carbocycles. The van der Waals surface area contributed by atoms with Gasteiger partial charge in [0.05, 0.1) is 30.1 Å². The SMILES string of the molecule is COc1ccc2c(O[C@@H]3C[C@H]4C(=O)N[C@]5(C(=O)NS(=O)(=O)C6CC6)C[C@H]5CCCCCC[C@H](NC(=O)O)C(=O)N4C3)cc(-c3ccccc3)nc2c1. The van der Waals surface area contributed by atoms with E-state index in [9.17, 15) is 32.7 Å². The highest BCUT2D eigenvalue weighted by atomic mass is 32.2. The largest absolute Gasteiger partial charge is 0.497 e. The van der Waals surface area contributed by atoms with Gasteiger partial charge >= 0.3 is 6.09 Å². The van der Waals surface area contributed by atoms with Gasteiger partial charge in [-0.25, -0.2) is 18.2 Å². The van der Waals surface area contributed by atoms with Crippen LogP contribution >= 0.6 is 0 Å². The molecule has 0 spiro atoms. The number of hydrogen-bond acceptors (Lipinski definition) is 9. The van der Waals surface area contributed by atoms with Crippen LogP contribution in [0.25, 0.3) is 22.2 Å². The number of ether oxygens (including phenoxy) is 2. The Bertz CT molecular complexity index is 1990. The molecular weight excluding hydrogens is 690 g/mol. The molecule has 0 radical (unpaired) electrons. The highest BCUT2D eigenvalue weighted by Crippen LogP contribution is 2.48. The smallest absolute Gasteiger partial charge is 0.405 e. The number of nitrogens with one attached hydrogen (secondary N) is 3. The number of benzene rings is 2. The molecule has 3 heterocycles. The van der Waals surface area contributed by atoms with Gasteiger partial charge in [-0.1, -0.05) is 56.0 Å². The average Bonchev–Trinajstić information content (AvgIpc) is 4.05. The van der Waals surface area contributed by atoms with Gasteiger partial charge in [-0.15, -0.1) is 0 Å². The van der Waals surface area contributed by atoms with E-state index in [-0.39, 0.29) is 31.7 Å². The van der Waals surface area contributed by atoms with Crippen LogP contribution in [-0.4, -0.2) is 89.9 Å². The zero-order chi connectivity index (χ0) is 36.6. The quantitative estimate of drug-likeness (QED) is 0.265. The standard InChI is InChI=1S/C37H43N5O9S/c1-50-24-13-16-27-30(17-24)38-29(22-9-5-4-6-10-22)19-32(27)51-25-18-31-33(43)40-37(35(45)41-52(48,49)26-14-15-26)20-23(37)11-7-2-3-8-12-28(39-36(46)47)34(44)42(31)21-25/h4-6,9-10,13,16-17,19,23,25-26,28,31,39H,2-3,7-8,11-12,14-15,18,20-21H2,1H3,(H,40,43)(H,41,45)(H,46,47)/t23-,25-,28+,31+,37-/m1/s1. The van der Waals surface area contributed by atoms with Gasteiger partial charge in [0, 0.05) is 29.5 Å². The Kier molecular flexibility index (Phi) is 9.72. The molecule has 0 bridgehead atoms. The lowest BCUT2D eigenvalue weighted by Gasteiger charge is -2.29. The molecule has 3 aromatic rings. The lowest BCUT2D eigenvalue weighted by Crippen LogP contribution is -2.58. The summed E-state index contributed by atoms with van der Waals surface area (Å²) in [4.78, 5) is 60.1. The Hall–Kier alpha value is -4.92. The van der Waals surface area contributed by atoms with Crippen molar-refractivity contribution in [3.63, 3.8) is 0 Å². The summed E-state index contributed by atoms with van der Waals surface area (Å²) in [5.74, 6) is -1.13. The molecule has 2 aromatic carbocycles. The van der Waals surface area contributed by atoms with Crippen LogP contribution in [0.3, 0.4) is 0 Å². The van der Waals surface area contributed by atoms with Gasteiger partial charge in [0.1, 0.15) is 35.2 Å². The molecule has 14 nitrogen and oxygen atoms in total. The number of fused-ring (bicyclic) bond motifs is 3. The molecule has 4 amide bonds. The summed E-state index contributed by atoms with van der Waals surface area (Å²) in [6, 6.07) is 14.6. The fraction of sp³-hybridized carbons (Fsp3) is 0.486. The van der Waals surface area contributed by atoms with Gasteiger partial charge in [-0.05, 0) is 50.2 Å². The molecule has 0 unspecified atom stereocenters. The highest BCUT2D eigenvalue weighted by Gasteiger charge is 2.62. The van der Waals surface area contributed by atoms with E-state index in [0.717, 1.165) is 24.8 Å². The lowest BCUT2D eigenvalue weighted by atomic mass is 10.0. The van der Waals surface area contributed by atoms with Crippen molar-refractivity contribution in [2.24, 2.45) is 5.92 Å². The third-order valence-corrected chi connectivity index (χ3v) is 12.5. The van der Waals surface area contributed by atoms with E-state index < -0.39 is 62.8 Å². The first kappa shape index (κ1) is 35.5. The van der Waals surface area contributed by atoms with Crippen molar-refractivity contribution < 1.29 is 42.2 Å². The van der Waals surface area contributed by atoms with E-state index in [4.69, 9.17) is 14.5 Å². The second-order valence-corrected chi connectivity index (χ2v) is 16.2. The summed E-state index contributed by atoms with van der Waals surface area (Å²) in [7, 11) is -2.31. The van der Waals surface area contributed by atoms with E-state index in [1.54, 1.807) is 19.2 Å². The van der Waals surface area contributed by atoms with Crippen molar-refractivity contribution >= 4 is 44.7 Å². The summed E-state index contributed by atoms with van der Waals surface area (Å²) < 4.78 is 39.9. The highest BCUT2D eigenvalue weighted by molar-refractivity contribution is 7.91. The van der Waals surface area contributed by atoms with E-state index in [2.05, 4.69) is 15.4 Å². The molecule has 4 N–H and O–H groups in total. The summed E-state index contributed by atoms with van der Waals surface area (Å²) in [6.07, 6.45) is 2.90. The molecule has 4 aliphatic rings. The molecule has 15 heteroatoms. The van der Waals surface area contributed by atoms with E-state index >= 15 is 0 Å². The van der Waals surface area contributed by atoms with Gasteiger partial charge in [0.15, 0.2) is 0 Å². The Morgan fingerprint density at radius 3 is 2.46 bits per heavy atom. The molecule has 52 heavy (non-hydrogen) atoms. The van der Waals surface area contributed by atoms with Crippen LogP contribution in [0.15, 0.2) is 54.6 Å². The Morgan fingerprint density at radius 2 is 1.75 bits per heavy atom. The number of carboxylic acid groups (broad SMARTS) is 1. The second kappa shape index (κ2) is 14.2. The number of pyridine rings is 1. The number of methoxy groups -OCH3 is 1. The zero-order valence-corrected chi connectivity index (χ0v) is 29.7. The molecule has 276 valence electrons. The number of amides is 4. The van der Waals surface area contributed by atoms with Crippen LogP contribution < -0.4 is 24.8 Å². The lowest BCUT2D eigenvalue weighted by molar-refractivity contribution is -0.141. The van der Waals surface area contributed by atoms with Gasteiger partial charge in [-0.3, -0.25) is 19.1 Å². The summed E-state index contributed by atoms with van der Waals surface area (Å²) >= 11 is 0. The first-order chi connectivity index (χ1) is 25.0. The fourth-order valence-corrected chi connectivity index (χ4v) is 8.93. The first-order valence-corrected chi connectivity index (χ1v) is 19.4. The second-order valence-electron chi connectivity index (χ2n) is 14.3. The molecule has 7 rings (SSSR count). The maximum Gasteiger partial charge on any atom is 0.405 e. The predicted molar refractivity (Wildman–Crippen MR) is 190 cm³/mol. The number of sulfonamides is 1. The van der Waals surface area contributed by atoms with Crippen LogP contribution in [0, 0.1) is 5.92 Å². The normalized spacial score (nSPS) is 26.7. The van der Waals surface area contributed by atoms with Crippen molar-refractivity contribution in [1.29, 1.82) is 0 Å². The summed E-state index contributed by atoms with van der Waals surface area (Å²) in [5, 5.41) is 14.9. The van der Waals surface area contributed by atoms with Crippen molar-refractivity contribution in [2.75, 3.05) is 13.7 Å². The Labute approximate surface area is 301 Å². The average molecular weight is 734 g/mol. The number of hydrogen-bond donors (Lipinski definition) is 4. The third kappa shape index (κ3) is 7.36. The molecule has 4 fully saturated rings. The maximum atomic E-state index is 14.3. The van der Waals surface area contributed by atoms with Crippen molar-refractivity contribution in [2.45, 2.75) is 93.2 Å². The van der Waals surface area contributed by atoms with E-state index in [1.165, 1.54) is 4.90 Å². The van der Waals surface area contributed by atoms with Crippen LogP contribution in [0.2, 0.25) is 0 Å². The molecule has 5 atom stereocenters. The monoisotopic (exact) mass is 733 g/mol. The predicted octanol–water partition coefficient (Wildman–Crippen LogP) is 3.73. The number of aromatic nitrogens is 1. The van der Waals surface area contributed by atoms with Gasteiger partial charge < -0.3 is 30.1 Å². The topological polar surface area (TPSA) is 193 Å². The Morgan fingerprint density at radius 1 is 1.00 bits per heavy atom. The van der Waals surface area contributed by atoms with E-state index in [1.807, 2.05) is 42.5 Å². The third-order valence-electron chi connectivity index (χ3n) is 10.6. The number of rotatable bonds is 8. The van der Waals surface area contributed by atoms with Crippen LogP contribution in [0.5, 0.6) is 11.5 Å². The zero-order valence-electron chi connectivity index (χ0n) is 28.9. The summed E-state index contributed by atoms with van der Waals surface area (Å²) in [5.41, 5.74) is 0.673. The van der Waals surface area contributed by atoms with Gasteiger partial charge in [0.25, 0.3) is 5.91 Å². The van der Waals surface area contributed by atoms with Gasteiger partial charge in [-0.2, -0.15) is 0 Å². The van der Waals surface area contributed by atoms with E-state index in [0.29, 0.717) is 53.8 Å². The first-order valence-electron chi connectivity index (χ1n) is 17.9.